The Bertz CT molecular complexity index is 1340. The molecule has 1 amide bonds. The van der Waals surface area contributed by atoms with E-state index in [0.717, 1.165) is 22.3 Å². The zero-order valence-electron chi connectivity index (χ0n) is 19.2. The van der Waals surface area contributed by atoms with Gasteiger partial charge in [-0.1, -0.05) is 83.9 Å². The lowest BCUT2D eigenvalue weighted by molar-refractivity contribution is -0.139. The molecule has 4 aromatic rings. The van der Waals surface area contributed by atoms with Crippen LogP contribution >= 0.6 is 23.2 Å². The molecule has 0 radical (unpaired) electrons. The topological polar surface area (TPSA) is 75.6 Å². The van der Waals surface area contributed by atoms with Crippen LogP contribution in [0.3, 0.4) is 0 Å². The maximum atomic E-state index is 12.7. The lowest BCUT2D eigenvalue weighted by Gasteiger charge is -2.15. The van der Waals surface area contributed by atoms with Crippen LogP contribution in [0.15, 0.2) is 97.1 Å². The van der Waals surface area contributed by atoms with Gasteiger partial charge in [-0.3, -0.25) is 4.79 Å². The van der Waals surface area contributed by atoms with Crippen molar-refractivity contribution in [2.24, 2.45) is 0 Å². The van der Waals surface area contributed by atoms with Crippen molar-refractivity contribution in [3.05, 3.63) is 124 Å². The van der Waals surface area contributed by atoms with E-state index in [1.54, 1.807) is 24.3 Å². The molecule has 182 valence electrons. The number of halogens is 2. The molecule has 0 heterocycles. The maximum Gasteiger partial charge on any atom is 0.326 e. The molecule has 0 spiro atoms. The third-order valence-electron chi connectivity index (χ3n) is 5.61. The van der Waals surface area contributed by atoms with Gasteiger partial charge < -0.3 is 15.2 Å². The fourth-order valence-electron chi connectivity index (χ4n) is 3.65. The second kappa shape index (κ2) is 11.8. The van der Waals surface area contributed by atoms with Gasteiger partial charge in [-0.25, -0.2) is 4.79 Å². The zero-order valence-corrected chi connectivity index (χ0v) is 20.7. The molecule has 2 N–H and O–H groups in total. The van der Waals surface area contributed by atoms with Gasteiger partial charge in [0.05, 0.1) is 10.0 Å². The van der Waals surface area contributed by atoms with E-state index in [1.165, 1.54) is 0 Å². The van der Waals surface area contributed by atoms with Crippen LogP contribution in [0.1, 0.15) is 21.5 Å². The SMILES string of the molecule is O=C(NC(Cc1ccccc1)C(=O)O)c1ccc(-c2ccc(OCc3ccc(Cl)c(Cl)c3)cc2)cc1. The molecule has 0 saturated heterocycles. The summed E-state index contributed by atoms with van der Waals surface area (Å²) in [6.45, 7) is 0.363. The van der Waals surface area contributed by atoms with Crippen molar-refractivity contribution < 1.29 is 19.4 Å². The molecule has 0 fully saturated rings. The highest BCUT2D eigenvalue weighted by molar-refractivity contribution is 6.42. The van der Waals surface area contributed by atoms with Gasteiger partial charge in [0, 0.05) is 12.0 Å². The van der Waals surface area contributed by atoms with E-state index >= 15 is 0 Å². The van der Waals surface area contributed by atoms with E-state index in [2.05, 4.69) is 5.32 Å². The summed E-state index contributed by atoms with van der Waals surface area (Å²) in [5.74, 6) is -0.805. The van der Waals surface area contributed by atoms with Crippen LogP contribution < -0.4 is 10.1 Å². The Hall–Kier alpha value is -3.80. The first kappa shape index (κ1) is 25.3. The number of carbonyl (C=O) groups is 2. The van der Waals surface area contributed by atoms with Gasteiger partial charge >= 0.3 is 5.97 Å². The molecule has 0 aliphatic rings. The van der Waals surface area contributed by atoms with E-state index in [0.29, 0.717) is 28.0 Å². The number of carboxylic acids is 1. The van der Waals surface area contributed by atoms with Crippen molar-refractivity contribution in [1.29, 1.82) is 0 Å². The maximum absolute atomic E-state index is 12.7. The predicted octanol–water partition coefficient (Wildman–Crippen LogP) is 6.67. The minimum absolute atomic E-state index is 0.208. The molecular weight excluding hydrogens is 497 g/mol. The van der Waals surface area contributed by atoms with Crippen LogP contribution in [-0.2, 0) is 17.8 Å². The summed E-state index contributed by atoms with van der Waals surface area (Å²) < 4.78 is 5.82. The number of hydrogen-bond acceptors (Lipinski definition) is 3. The number of rotatable bonds is 9. The Balaban J connectivity index is 1.36. The summed E-state index contributed by atoms with van der Waals surface area (Å²) in [6, 6.07) is 28.2. The number of ether oxygens (including phenoxy) is 1. The Morgan fingerprint density at radius 3 is 2.03 bits per heavy atom. The molecular formula is C29H23Cl2NO4. The highest BCUT2D eigenvalue weighted by Crippen LogP contribution is 2.25. The fourth-order valence-corrected chi connectivity index (χ4v) is 3.97. The van der Waals surface area contributed by atoms with Gasteiger partial charge in [0.25, 0.3) is 5.91 Å². The van der Waals surface area contributed by atoms with Crippen LogP contribution in [0, 0.1) is 0 Å². The summed E-state index contributed by atoms with van der Waals surface area (Å²) in [6.07, 6.45) is 0.208. The van der Waals surface area contributed by atoms with Crippen molar-refractivity contribution in [2.45, 2.75) is 19.1 Å². The number of aliphatic carboxylic acids is 1. The van der Waals surface area contributed by atoms with Crippen molar-refractivity contribution in [3.63, 3.8) is 0 Å². The number of amides is 1. The summed E-state index contributed by atoms with van der Waals surface area (Å²) in [5, 5.41) is 13.1. The number of carboxylic acid groups (broad SMARTS) is 1. The van der Waals surface area contributed by atoms with Crippen molar-refractivity contribution in [2.75, 3.05) is 0 Å². The largest absolute Gasteiger partial charge is 0.489 e. The Morgan fingerprint density at radius 1 is 0.778 bits per heavy atom. The zero-order chi connectivity index (χ0) is 25.5. The van der Waals surface area contributed by atoms with Crippen LogP contribution in [0.4, 0.5) is 0 Å². The van der Waals surface area contributed by atoms with Crippen molar-refractivity contribution in [3.8, 4) is 16.9 Å². The molecule has 0 saturated carbocycles. The molecule has 5 nitrogen and oxygen atoms in total. The van der Waals surface area contributed by atoms with Crippen molar-refractivity contribution in [1.82, 2.24) is 5.32 Å². The number of hydrogen-bond donors (Lipinski definition) is 2. The molecule has 0 aliphatic carbocycles. The second-order valence-electron chi connectivity index (χ2n) is 8.19. The summed E-state index contributed by atoms with van der Waals surface area (Å²) in [4.78, 5) is 24.3. The Kier molecular flexibility index (Phi) is 8.26. The molecule has 4 aromatic carbocycles. The monoisotopic (exact) mass is 519 g/mol. The lowest BCUT2D eigenvalue weighted by atomic mass is 10.0. The third kappa shape index (κ3) is 6.66. The second-order valence-corrected chi connectivity index (χ2v) is 9.01. The van der Waals surface area contributed by atoms with Gasteiger partial charge in [-0.15, -0.1) is 0 Å². The molecule has 1 atom stereocenters. The quantitative estimate of drug-likeness (QED) is 0.259. The molecule has 0 aliphatic heterocycles. The Morgan fingerprint density at radius 2 is 1.42 bits per heavy atom. The average Bonchev–Trinajstić information content (AvgIpc) is 2.90. The van der Waals surface area contributed by atoms with Gasteiger partial charge in [0.1, 0.15) is 18.4 Å². The van der Waals surface area contributed by atoms with Crippen LogP contribution in [0.25, 0.3) is 11.1 Å². The van der Waals surface area contributed by atoms with E-state index in [-0.39, 0.29) is 6.42 Å². The van der Waals surface area contributed by atoms with Crippen LogP contribution in [0.2, 0.25) is 10.0 Å². The van der Waals surface area contributed by atoms with Gasteiger partial charge in [-0.2, -0.15) is 0 Å². The molecule has 7 heteroatoms. The number of carbonyl (C=O) groups excluding carboxylic acids is 1. The standard InChI is InChI=1S/C29H23Cl2NO4/c30-25-15-6-20(16-26(25)31)18-36-24-13-11-22(12-14-24)21-7-9-23(10-8-21)28(33)32-27(29(34)35)17-19-4-2-1-3-5-19/h1-16,27H,17-18H2,(H,32,33)(H,34,35). The normalized spacial score (nSPS) is 11.5. The summed E-state index contributed by atoms with van der Waals surface area (Å²) in [7, 11) is 0. The predicted molar refractivity (Wildman–Crippen MR) is 142 cm³/mol. The highest BCUT2D eigenvalue weighted by atomic mass is 35.5. The minimum Gasteiger partial charge on any atom is -0.489 e. The van der Waals surface area contributed by atoms with E-state index in [1.807, 2.05) is 72.8 Å². The third-order valence-corrected chi connectivity index (χ3v) is 6.35. The summed E-state index contributed by atoms with van der Waals surface area (Å²) >= 11 is 12.0. The first-order chi connectivity index (χ1) is 17.4. The van der Waals surface area contributed by atoms with E-state index < -0.39 is 17.9 Å². The lowest BCUT2D eigenvalue weighted by Crippen LogP contribution is -2.42. The van der Waals surface area contributed by atoms with Crippen LogP contribution in [-0.4, -0.2) is 23.0 Å². The first-order valence-electron chi connectivity index (χ1n) is 11.2. The van der Waals surface area contributed by atoms with E-state index in [9.17, 15) is 14.7 Å². The molecule has 0 aromatic heterocycles. The minimum atomic E-state index is -1.08. The Labute approximate surface area is 219 Å². The average molecular weight is 520 g/mol. The summed E-state index contributed by atoms with van der Waals surface area (Å²) in [5.41, 5.74) is 4.01. The van der Waals surface area contributed by atoms with Crippen molar-refractivity contribution >= 4 is 35.1 Å². The molecule has 36 heavy (non-hydrogen) atoms. The molecule has 1 unspecified atom stereocenters. The fraction of sp³-hybridized carbons (Fsp3) is 0.103. The first-order valence-corrected chi connectivity index (χ1v) is 12.0. The highest BCUT2D eigenvalue weighted by Gasteiger charge is 2.21. The number of benzene rings is 4. The molecule has 4 rings (SSSR count). The number of nitrogens with one attached hydrogen (secondary N) is 1. The van der Waals surface area contributed by atoms with E-state index in [4.69, 9.17) is 27.9 Å². The van der Waals surface area contributed by atoms with Gasteiger partial charge in [0.15, 0.2) is 0 Å². The van der Waals surface area contributed by atoms with Gasteiger partial charge in [0.2, 0.25) is 0 Å². The smallest absolute Gasteiger partial charge is 0.326 e. The molecule has 0 bridgehead atoms. The van der Waals surface area contributed by atoms with Crippen LogP contribution in [0.5, 0.6) is 5.75 Å². The van der Waals surface area contributed by atoms with Gasteiger partial charge in [-0.05, 0) is 58.7 Å².